The summed E-state index contributed by atoms with van der Waals surface area (Å²) in [4.78, 5) is 29.0. The summed E-state index contributed by atoms with van der Waals surface area (Å²) >= 11 is 0. The van der Waals surface area contributed by atoms with Crippen molar-refractivity contribution >= 4 is 39.8 Å². The Labute approximate surface area is 227 Å². The minimum Gasteiger partial charge on any atom is -0.283 e. The molecule has 0 atom stereocenters. The number of para-hydroxylation sites is 1. The van der Waals surface area contributed by atoms with Crippen LogP contribution < -0.4 is 4.90 Å². The summed E-state index contributed by atoms with van der Waals surface area (Å²) in [7, 11) is 0. The number of hydrogen-bond acceptors (Lipinski definition) is 2. The molecular formula is C36H23NO2. The van der Waals surface area contributed by atoms with E-state index in [9.17, 15) is 9.59 Å². The second kappa shape index (κ2) is 9.23. The van der Waals surface area contributed by atoms with Crippen LogP contribution in [0, 0.1) is 0 Å². The molecule has 0 bridgehead atoms. The van der Waals surface area contributed by atoms with Gasteiger partial charge in [-0.25, -0.2) is 0 Å². The van der Waals surface area contributed by atoms with E-state index in [1.54, 1.807) is 11.0 Å². The monoisotopic (exact) mass is 501 g/mol. The van der Waals surface area contributed by atoms with E-state index in [0.717, 1.165) is 44.5 Å². The Bertz CT molecular complexity index is 1800. The number of benzene rings is 5. The van der Waals surface area contributed by atoms with Crippen molar-refractivity contribution in [2.75, 3.05) is 4.90 Å². The highest BCUT2D eigenvalue weighted by Gasteiger charge is 2.44. The molecule has 1 amide bonds. The molecule has 0 N–H and O–H groups in total. The van der Waals surface area contributed by atoms with Gasteiger partial charge in [-0.2, -0.15) is 0 Å². The van der Waals surface area contributed by atoms with Crippen LogP contribution in [0.5, 0.6) is 0 Å². The topological polar surface area (TPSA) is 37.4 Å². The largest absolute Gasteiger partial charge is 0.304 e. The van der Waals surface area contributed by atoms with Crippen molar-refractivity contribution in [2.45, 2.75) is 0 Å². The summed E-state index contributed by atoms with van der Waals surface area (Å²) in [5, 5.41) is 0. The zero-order valence-corrected chi connectivity index (χ0v) is 21.0. The van der Waals surface area contributed by atoms with E-state index in [1.807, 2.05) is 97.1 Å². The first kappa shape index (κ1) is 22.9. The average molecular weight is 502 g/mol. The van der Waals surface area contributed by atoms with Crippen molar-refractivity contribution in [1.82, 2.24) is 0 Å². The molecule has 0 saturated carbocycles. The Morgan fingerprint density at radius 2 is 0.821 bits per heavy atom. The van der Waals surface area contributed by atoms with Crippen molar-refractivity contribution in [1.29, 1.82) is 0 Å². The number of anilines is 1. The van der Waals surface area contributed by atoms with Gasteiger partial charge in [0.2, 0.25) is 0 Å². The lowest BCUT2D eigenvalue weighted by molar-refractivity contribution is -0.113. The van der Waals surface area contributed by atoms with Crippen LogP contribution in [0.3, 0.4) is 0 Å². The lowest BCUT2D eigenvalue weighted by Gasteiger charge is -2.25. The summed E-state index contributed by atoms with van der Waals surface area (Å²) in [5.41, 5.74) is 9.40. The summed E-state index contributed by atoms with van der Waals surface area (Å²) in [6, 6.07) is 46.3. The van der Waals surface area contributed by atoms with Crippen LogP contribution in [0.4, 0.5) is 5.69 Å². The lowest BCUT2D eigenvalue weighted by Crippen LogP contribution is -2.29. The van der Waals surface area contributed by atoms with E-state index in [1.165, 1.54) is 0 Å². The van der Waals surface area contributed by atoms with Crippen LogP contribution in [-0.4, -0.2) is 11.7 Å². The molecule has 0 unspecified atom stereocenters. The van der Waals surface area contributed by atoms with Crippen LogP contribution in [0.2, 0.25) is 0 Å². The number of rotatable bonds is 4. The van der Waals surface area contributed by atoms with Crippen LogP contribution in [0.1, 0.15) is 38.2 Å². The first-order chi connectivity index (χ1) is 19.2. The molecule has 5 aromatic carbocycles. The first-order valence-electron chi connectivity index (χ1n) is 13.0. The zero-order valence-electron chi connectivity index (χ0n) is 21.0. The normalized spacial score (nSPS) is 14.5. The fourth-order valence-corrected chi connectivity index (χ4v) is 5.74. The van der Waals surface area contributed by atoms with Crippen molar-refractivity contribution in [3.63, 3.8) is 0 Å². The average Bonchev–Trinajstić information content (AvgIpc) is 3.17. The van der Waals surface area contributed by atoms with E-state index in [0.29, 0.717) is 16.9 Å². The third-order valence-electron chi connectivity index (χ3n) is 7.37. The Hall–Kier alpha value is -5.28. The van der Waals surface area contributed by atoms with Gasteiger partial charge >= 0.3 is 5.91 Å². The number of carbonyl (C=O) groups excluding carboxylic acids is 2. The SMILES string of the molecule is O=C1C(=O)N2C(c3ccccc3)=C(c3ccccc3)C(c3ccccc3)=C(c3ccccc3)c3cccc1c32. The molecule has 2 aliphatic heterocycles. The van der Waals surface area contributed by atoms with E-state index in [2.05, 4.69) is 36.4 Å². The van der Waals surface area contributed by atoms with E-state index >= 15 is 0 Å². The molecule has 0 radical (unpaired) electrons. The number of nitrogens with zero attached hydrogens (tertiary/aromatic N) is 1. The van der Waals surface area contributed by atoms with Gasteiger partial charge in [-0.05, 0) is 33.9 Å². The van der Waals surface area contributed by atoms with Gasteiger partial charge in [0.05, 0.1) is 16.9 Å². The Balaban J connectivity index is 1.76. The maximum atomic E-state index is 13.9. The highest BCUT2D eigenvalue weighted by Crippen LogP contribution is 2.53. The summed E-state index contributed by atoms with van der Waals surface area (Å²) in [6.45, 7) is 0. The van der Waals surface area contributed by atoms with E-state index < -0.39 is 11.7 Å². The number of hydrogen-bond donors (Lipinski definition) is 0. The molecule has 7 rings (SSSR count). The van der Waals surface area contributed by atoms with Gasteiger partial charge in [0.25, 0.3) is 5.78 Å². The fourth-order valence-electron chi connectivity index (χ4n) is 5.74. The van der Waals surface area contributed by atoms with Crippen LogP contribution >= 0.6 is 0 Å². The van der Waals surface area contributed by atoms with Gasteiger partial charge in [0, 0.05) is 16.7 Å². The number of allylic oxidation sites excluding steroid dienone is 2. The van der Waals surface area contributed by atoms with Gasteiger partial charge in [0.15, 0.2) is 0 Å². The van der Waals surface area contributed by atoms with Crippen molar-refractivity contribution in [3.05, 3.63) is 173 Å². The summed E-state index contributed by atoms with van der Waals surface area (Å²) in [6.07, 6.45) is 0. The standard InChI is InChI=1S/C36H23NO2/c38-35-29-23-13-22-28-30(24-14-5-1-6-15-24)31(25-16-7-2-8-17-25)32(26-18-9-3-10-19-26)33(27-20-11-4-12-21-27)37(34(28)29)36(35)39/h1-23H. The minimum atomic E-state index is -0.536. The number of amides is 1. The molecule has 3 nitrogen and oxygen atoms in total. The summed E-state index contributed by atoms with van der Waals surface area (Å²) in [5.74, 6) is -1.02. The molecule has 2 heterocycles. The number of Topliss-reactive ketones (excluding diaryl/α,β-unsaturated/α-hetero) is 1. The lowest BCUT2D eigenvalue weighted by atomic mass is 9.82. The Morgan fingerprint density at radius 3 is 1.36 bits per heavy atom. The second-order valence-electron chi connectivity index (χ2n) is 9.61. The highest BCUT2D eigenvalue weighted by atomic mass is 16.2. The molecule has 3 heteroatoms. The fraction of sp³-hybridized carbons (Fsp3) is 0. The van der Waals surface area contributed by atoms with Crippen LogP contribution in [-0.2, 0) is 4.79 Å². The van der Waals surface area contributed by atoms with Crippen LogP contribution in [0.25, 0.3) is 22.4 Å². The predicted molar refractivity (Wildman–Crippen MR) is 157 cm³/mol. The molecule has 2 aliphatic rings. The Kier molecular flexibility index (Phi) is 5.42. The third-order valence-corrected chi connectivity index (χ3v) is 7.37. The van der Waals surface area contributed by atoms with Crippen LogP contribution in [0.15, 0.2) is 140 Å². The van der Waals surface area contributed by atoms with Gasteiger partial charge in [0.1, 0.15) is 0 Å². The van der Waals surface area contributed by atoms with Gasteiger partial charge in [-0.15, -0.1) is 0 Å². The molecule has 184 valence electrons. The second-order valence-corrected chi connectivity index (χ2v) is 9.61. The first-order valence-corrected chi connectivity index (χ1v) is 13.0. The van der Waals surface area contributed by atoms with Gasteiger partial charge in [-0.3, -0.25) is 14.5 Å². The van der Waals surface area contributed by atoms with Gasteiger partial charge < -0.3 is 0 Å². The maximum absolute atomic E-state index is 13.9. The summed E-state index contributed by atoms with van der Waals surface area (Å²) < 4.78 is 0. The molecule has 5 aromatic rings. The maximum Gasteiger partial charge on any atom is 0.304 e. The highest BCUT2D eigenvalue weighted by molar-refractivity contribution is 6.56. The van der Waals surface area contributed by atoms with Gasteiger partial charge in [-0.1, -0.05) is 133 Å². The molecule has 0 saturated heterocycles. The zero-order chi connectivity index (χ0) is 26.3. The molecule has 0 aliphatic carbocycles. The van der Waals surface area contributed by atoms with E-state index in [4.69, 9.17) is 0 Å². The van der Waals surface area contributed by atoms with Crippen molar-refractivity contribution in [2.24, 2.45) is 0 Å². The van der Waals surface area contributed by atoms with E-state index in [-0.39, 0.29) is 0 Å². The Morgan fingerprint density at radius 1 is 0.385 bits per heavy atom. The number of carbonyl (C=O) groups is 2. The van der Waals surface area contributed by atoms with Crippen molar-refractivity contribution in [3.8, 4) is 0 Å². The van der Waals surface area contributed by atoms with Crippen molar-refractivity contribution < 1.29 is 9.59 Å². The smallest absolute Gasteiger partial charge is 0.283 e. The number of ketones is 1. The molecule has 0 aromatic heterocycles. The predicted octanol–water partition coefficient (Wildman–Crippen LogP) is 7.76. The molecule has 0 spiro atoms. The molecule has 39 heavy (non-hydrogen) atoms. The quantitative estimate of drug-likeness (QED) is 0.236. The third kappa shape index (κ3) is 3.59. The molecule has 0 fully saturated rings. The molecular weight excluding hydrogens is 478 g/mol. The minimum absolute atomic E-state index is 0.432.